The van der Waals surface area contributed by atoms with Crippen LogP contribution in [0.3, 0.4) is 0 Å². The molecule has 0 unspecified atom stereocenters. The predicted octanol–water partition coefficient (Wildman–Crippen LogP) is 4.27. The number of anilines is 1. The topological polar surface area (TPSA) is 107 Å². The minimum Gasteiger partial charge on any atom is -0.348 e. The summed E-state index contributed by atoms with van der Waals surface area (Å²) in [5, 5.41) is 5.72. The van der Waals surface area contributed by atoms with Crippen molar-refractivity contribution in [1.82, 2.24) is 20.2 Å². The van der Waals surface area contributed by atoms with Crippen LogP contribution in [0.15, 0.2) is 65.5 Å². The van der Waals surface area contributed by atoms with Crippen LogP contribution < -0.4 is 10.6 Å². The number of carbonyl (C=O) groups is 3. The number of rotatable bonds is 7. The van der Waals surface area contributed by atoms with E-state index < -0.39 is 11.9 Å². The zero-order valence-corrected chi connectivity index (χ0v) is 21.9. The van der Waals surface area contributed by atoms with Gasteiger partial charge in [0.1, 0.15) is 6.04 Å². The molecular formula is C27H30BrN5O3. The first-order chi connectivity index (χ1) is 17.3. The number of hydrogen-bond donors (Lipinski definition) is 3. The summed E-state index contributed by atoms with van der Waals surface area (Å²) in [4.78, 5) is 48.6. The van der Waals surface area contributed by atoms with Gasteiger partial charge < -0.3 is 20.5 Å². The monoisotopic (exact) mass is 551 g/mol. The van der Waals surface area contributed by atoms with E-state index in [4.69, 9.17) is 0 Å². The average molecular weight is 552 g/mol. The third-order valence-electron chi connectivity index (χ3n) is 6.26. The summed E-state index contributed by atoms with van der Waals surface area (Å²) in [5.74, 6) is -0.0857. The van der Waals surface area contributed by atoms with Gasteiger partial charge in [-0.15, -0.1) is 0 Å². The van der Waals surface area contributed by atoms with Crippen LogP contribution in [0.5, 0.6) is 0 Å². The van der Waals surface area contributed by atoms with Crippen LogP contribution in [0, 0.1) is 11.8 Å². The molecule has 9 heteroatoms. The first kappa shape index (κ1) is 25.6. The molecule has 1 aliphatic rings. The highest BCUT2D eigenvalue weighted by Crippen LogP contribution is 2.27. The third-order valence-corrected chi connectivity index (χ3v) is 6.76. The number of piperidine rings is 1. The number of aromatic nitrogens is 2. The molecule has 1 saturated heterocycles. The number of amides is 3. The number of H-pyrrole nitrogens is 1. The summed E-state index contributed by atoms with van der Waals surface area (Å²) in [6.45, 7) is 5.65. The van der Waals surface area contributed by atoms with Gasteiger partial charge in [-0.1, -0.05) is 48.0 Å². The van der Waals surface area contributed by atoms with Crippen molar-refractivity contribution in [3.8, 4) is 0 Å². The van der Waals surface area contributed by atoms with Gasteiger partial charge in [0.15, 0.2) is 0 Å². The molecule has 1 fully saturated rings. The summed E-state index contributed by atoms with van der Waals surface area (Å²) in [7, 11) is 0. The molecule has 36 heavy (non-hydrogen) atoms. The lowest BCUT2D eigenvalue weighted by atomic mass is 9.91. The second kappa shape index (κ2) is 11.5. The van der Waals surface area contributed by atoms with Crippen molar-refractivity contribution in [3.05, 3.63) is 82.3 Å². The molecule has 188 valence electrons. The molecule has 0 spiro atoms. The van der Waals surface area contributed by atoms with Gasteiger partial charge in [0, 0.05) is 41.4 Å². The standard InChI is InChI=1S/C27H30BrN5O3/c1-17-10-18(2)15-33(14-17)27(36)22-11-20(28)8-9-23(22)31-26(35)24(12-21-13-29-16-30-21)32-25(34)19-6-4-3-5-7-19/h3-9,11,13,16-18,24H,10,12,14-15H2,1-2H3,(H,29,30)(H,31,35)(H,32,34)/t17-,18+,24-/m0/s1. The largest absolute Gasteiger partial charge is 0.348 e. The minimum atomic E-state index is -0.889. The van der Waals surface area contributed by atoms with E-state index in [1.807, 2.05) is 11.0 Å². The van der Waals surface area contributed by atoms with E-state index in [1.165, 1.54) is 6.33 Å². The van der Waals surface area contributed by atoms with Crippen LogP contribution in [-0.4, -0.2) is 51.7 Å². The lowest BCUT2D eigenvalue weighted by Gasteiger charge is -2.35. The lowest BCUT2D eigenvalue weighted by molar-refractivity contribution is -0.118. The molecular weight excluding hydrogens is 522 g/mol. The van der Waals surface area contributed by atoms with Crippen molar-refractivity contribution in [1.29, 1.82) is 0 Å². The summed E-state index contributed by atoms with van der Waals surface area (Å²) < 4.78 is 0.744. The van der Waals surface area contributed by atoms with Crippen molar-refractivity contribution in [2.75, 3.05) is 18.4 Å². The van der Waals surface area contributed by atoms with E-state index >= 15 is 0 Å². The minimum absolute atomic E-state index is 0.122. The molecule has 1 aromatic heterocycles. The molecule has 1 aliphatic heterocycles. The Labute approximate surface area is 219 Å². The lowest BCUT2D eigenvalue weighted by Crippen LogP contribution is -2.46. The van der Waals surface area contributed by atoms with E-state index in [0.29, 0.717) is 47.4 Å². The molecule has 3 atom stereocenters. The zero-order valence-electron chi connectivity index (χ0n) is 20.3. The fourth-order valence-corrected chi connectivity index (χ4v) is 5.04. The molecule has 2 heterocycles. The predicted molar refractivity (Wildman–Crippen MR) is 142 cm³/mol. The highest BCUT2D eigenvalue weighted by molar-refractivity contribution is 9.10. The summed E-state index contributed by atoms with van der Waals surface area (Å²) in [6.07, 6.45) is 4.44. The highest BCUT2D eigenvalue weighted by atomic mass is 79.9. The fraction of sp³-hybridized carbons (Fsp3) is 0.333. The second-order valence-corrected chi connectivity index (χ2v) is 10.4. The maximum atomic E-state index is 13.5. The Bertz CT molecular complexity index is 1210. The van der Waals surface area contributed by atoms with Crippen LogP contribution in [0.1, 0.15) is 46.7 Å². The maximum Gasteiger partial charge on any atom is 0.256 e. The van der Waals surface area contributed by atoms with Crippen LogP contribution in [-0.2, 0) is 11.2 Å². The van der Waals surface area contributed by atoms with Gasteiger partial charge in [0.25, 0.3) is 11.8 Å². The molecule has 0 aliphatic carbocycles. The number of nitrogens with zero attached hydrogens (tertiary/aromatic N) is 2. The van der Waals surface area contributed by atoms with E-state index in [1.54, 1.807) is 48.7 Å². The average Bonchev–Trinajstić information content (AvgIpc) is 3.37. The van der Waals surface area contributed by atoms with Crippen LogP contribution in [0.4, 0.5) is 5.69 Å². The number of likely N-dealkylation sites (tertiary alicyclic amines) is 1. The number of nitrogens with one attached hydrogen (secondary N) is 3. The molecule has 4 rings (SSSR count). The number of halogens is 1. The molecule has 2 aromatic carbocycles. The Morgan fingerprint density at radius 1 is 1.11 bits per heavy atom. The first-order valence-electron chi connectivity index (χ1n) is 12.0. The number of imidazole rings is 1. The molecule has 3 amide bonds. The quantitative estimate of drug-likeness (QED) is 0.407. The summed E-state index contributed by atoms with van der Waals surface area (Å²) >= 11 is 3.45. The van der Waals surface area contributed by atoms with Gasteiger partial charge in [0.2, 0.25) is 5.91 Å². The van der Waals surface area contributed by atoms with Crippen LogP contribution >= 0.6 is 15.9 Å². The van der Waals surface area contributed by atoms with Gasteiger partial charge in [-0.3, -0.25) is 14.4 Å². The highest BCUT2D eigenvalue weighted by Gasteiger charge is 2.29. The van der Waals surface area contributed by atoms with E-state index in [-0.39, 0.29) is 18.2 Å². The Balaban J connectivity index is 1.56. The van der Waals surface area contributed by atoms with Gasteiger partial charge in [-0.2, -0.15) is 0 Å². The Kier molecular flexibility index (Phi) is 8.20. The number of benzene rings is 2. The van der Waals surface area contributed by atoms with E-state index in [2.05, 4.69) is 50.4 Å². The zero-order chi connectivity index (χ0) is 25.7. The molecule has 0 saturated carbocycles. The number of carbonyl (C=O) groups excluding carboxylic acids is 3. The summed E-state index contributed by atoms with van der Waals surface area (Å²) in [6, 6.07) is 13.1. The SMILES string of the molecule is C[C@@H]1C[C@H](C)CN(C(=O)c2cc(Br)ccc2NC(=O)[C@H](Cc2cnc[nH]2)NC(=O)c2ccccc2)C1. The number of aromatic amines is 1. The molecule has 8 nitrogen and oxygen atoms in total. The normalized spacial score (nSPS) is 18.4. The van der Waals surface area contributed by atoms with Crippen molar-refractivity contribution in [2.24, 2.45) is 11.8 Å². The molecule has 3 N–H and O–H groups in total. The Morgan fingerprint density at radius 2 is 1.83 bits per heavy atom. The van der Waals surface area contributed by atoms with Crippen molar-refractivity contribution in [2.45, 2.75) is 32.7 Å². The van der Waals surface area contributed by atoms with Crippen LogP contribution in [0.2, 0.25) is 0 Å². The van der Waals surface area contributed by atoms with Crippen molar-refractivity contribution >= 4 is 39.3 Å². The third kappa shape index (κ3) is 6.40. The molecule has 0 radical (unpaired) electrons. The second-order valence-electron chi connectivity index (χ2n) is 9.51. The van der Waals surface area contributed by atoms with Gasteiger partial charge >= 0.3 is 0 Å². The Hall–Kier alpha value is -3.46. The molecule has 3 aromatic rings. The fourth-order valence-electron chi connectivity index (χ4n) is 4.68. The van der Waals surface area contributed by atoms with E-state index in [9.17, 15) is 14.4 Å². The van der Waals surface area contributed by atoms with Crippen LogP contribution in [0.25, 0.3) is 0 Å². The number of hydrogen-bond acceptors (Lipinski definition) is 4. The maximum absolute atomic E-state index is 13.5. The van der Waals surface area contributed by atoms with Gasteiger partial charge in [0.05, 0.1) is 17.6 Å². The first-order valence-corrected chi connectivity index (χ1v) is 12.8. The summed E-state index contributed by atoms with van der Waals surface area (Å²) in [5.41, 5.74) is 1.97. The smallest absolute Gasteiger partial charge is 0.256 e. The molecule has 0 bridgehead atoms. The van der Waals surface area contributed by atoms with Gasteiger partial charge in [-0.25, -0.2) is 4.98 Å². The van der Waals surface area contributed by atoms with Crippen molar-refractivity contribution in [3.63, 3.8) is 0 Å². The van der Waals surface area contributed by atoms with Crippen molar-refractivity contribution < 1.29 is 14.4 Å². The Morgan fingerprint density at radius 3 is 2.50 bits per heavy atom. The van der Waals surface area contributed by atoms with Gasteiger partial charge in [-0.05, 0) is 48.6 Å². The van der Waals surface area contributed by atoms with E-state index in [0.717, 1.165) is 10.9 Å².